The molecule has 0 saturated carbocycles. The molecule has 1 aliphatic heterocycles. The molecule has 1 aliphatic rings. The number of anilines is 1. The summed E-state index contributed by atoms with van der Waals surface area (Å²) in [4.78, 5) is 31.1. The highest BCUT2D eigenvalue weighted by molar-refractivity contribution is 6.34. The Morgan fingerprint density at radius 1 is 1.14 bits per heavy atom. The second kappa shape index (κ2) is 10.5. The average Bonchev–Trinajstić information content (AvgIpc) is 3.23. The lowest BCUT2D eigenvalue weighted by Gasteiger charge is -2.27. The molecule has 4 rings (SSSR count). The molecule has 0 atom stereocenters. The van der Waals surface area contributed by atoms with E-state index >= 15 is 0 Å². The van der Waals surface area contributed by atoms with Crippen LogP contribution in [-0.4, -0.2) is 59.1 Å². The zero-order chi connectivity index (χ0) is 26.0. The van der Waals surface area contributed by atoms with E-state index in [9.17, 15) is 27.2 Å². The SMILES string of the molecule is Cn1c(-c2ccc(OC(F)F)c(F)c2F)cnc1C(=O)Nc1ccc(C(=O)N2CCNCC2)c(Cl)c1. The minimum atomic E-state index is -3.32. The van der Waals surface area contributed by atoms with Gasteiger partial charge in [0.05, 0.1) is 22.5 Å². The molecule has 13 heteroatoms. The monoisotopic (exact) mass is 525 g/mol. The maximum Gasteiger partial charge on any atom is 0.387 e. The van der Waals surface area contributed by atoms with Gasteiger partial charge in [-0.05, 0) is 30.3 Å². The first-order valence-electron chi connectivity index (χ1n) is 10.7. The van der Waals surface area contributed by atoms with Crippen molar-refractivity contribution in [3.8, 4) is 17.0 Å². The van der Waals surface area contributed by atoms with Gasteiger partial charge in [-0.1, -0.05) is 11.6 Å². The number of aromatic nitrogens is 2. The van der Waals surface area contributed by atoms with Gasteiger partial charge in [0.2, 0.25) is 5.82 Å². The summed E-state index contributed by atoms with van der Waals surface area (Å²) in [6.07, 6.45) is 1.14. The average molecular weight is 526 g/mol. The van der Waals surface area contributed by atoms with Gasteiger partial charge in [-0.25, -0.2) is 9.37 Å². The van der Waals surface area contributed by atoms with Gasteiger partial charge in [0.15, 0.2) is 17.4 Å². The number of nitrogens with zero attached hydrogens (tertiary/aromatic N) is 3. The highest BCUT2D eigenvalue weighted by Gasteiger charge is 2.24. The van der Waals surface area contributed by atoms with Crippen LogP contribution in [-0.2, 0) is 7.05 Å². The van der Waals surface area contributed by atoms with E-state index in [1.54, 1.807) is 4.90 Å². The minimum Gasteiger partial charge on any atom is -0.432 e. The topological polar surface area (TPSA) is 88.5 Å². The van der Waals surface area contributed by atoms with Crippen molar-refractivity contribution in [2.45, 2.75) is 6.61 Å². The predicted octanol–water partition coefficient (Wildman–Crippen LogP) is 3.92. The van der Waals surface area contributed by atoms with Crippen LogP contribution in [0.4, 0.5) is 23.2 Å². The number of amides is 2. The second-order valence-corrected chi connectivity index (χ2v) is 8.24. The smallest absolute Gasteiger partial charge is 0.387 e. The summed E-state index contributed by atoms with van der Waals surface area (Å²) in [6.45, 7) is -0.830. The Balaban J connectivity index is 1.52. The molecule has 0 unspecified atom stereocenters. The van der Waals surface area contributed by atoms with Crippen molar-refractivity contribution in [3.63, 3.8) is 0 Å². The van der Waals surface area contributed by atoms with Gasteiger partial charge >= 0.3 is 6.61 Å². The molecule has 0 spiro atoms. The van der Waals surface area contributed by atoms with Crippen molar-refractivity contribution in [2.24, 2.45) is 7.05 Å². The zero-order valence-corrected chi connectivity index (χ0v) is 19.6. The third-order valence-corrected chi connectivity index (χ3v) is 5.90. The normalized spacial score (nSPS) is 13.7. The molecule has 0 bridgehead atoms. The Labute approximate surface area is 207 Å². The van der Waals surface area contributed by atoms with Crippen LogP contribution in [0.5, 0.6) is 5.75 Å². The van der Waals surface area contributed by atoms with Gasteiger partial charge in [0.25, 0.3) is 11.8 Å². The first-order valence-corrected chi connectivity index (χ1v) is 11.1. The van der Waals surface area contributed by atoms with Gasteiger partial charge in [-0.15, -0.1) is 0 Å². The number of carbonyl (C=O) groups is 2. The maximum absolute atomic E-state index is 14.5. The van der Waals surface area contributed by atoms with Crippen molar-refractivity contribution in [3.05, 3.63) is 64.6 Å². The van der Waals surface area contributed by atoms with Crippen molar-refractivity contribution >= 4 is 29.1 Å². The fraction of sp³-hybridized carbons (Fsp3) is 0.261. The number of benzene rings is 2. The number of imidazole rings is 1. The summed E-state index contributed by atoms with van der Waals surface area (Å²) in [5.74, 6) is -5.01. The number of nitrogens with one attached hydrogen (secondary N) is 2. The first-order chi connectivity index (χ1) is 17.2. The standard InChI is InChI=1S/C23H20ClF4N5O3/c1-32-16(14-4-5-17(36-23(27)28)19(26)18(14)25)11-30-20(32)21(34)31-12-2-3-13(15(24)10-12)22(35)33-8-6-29-7-9-33/h2-5,10-11,23,29H,6-9H2,1H3,(H,31,34). The number of ether oxygens (including phenoxy) is 1. The van der Waals surface area contributed by atoms with Gasteiger partial charge in [0.1, 0.15) is 0 Å². The molecule has 0 radical (unpaired) electrons. The lowest BCUT2D eigenvalue weighted by atomic mass is 10.1. The third kappa shape index (κ3) is 5.14. The quantitative estimate of drug-likeness (QED) is 0.476. The van der Waals surface area contributed by atoms with Gasteiger partial charge in [-0.2, -0.15) is 13.2 Å². The molecule has 3 aromatic rings. The predicted molar refractivity (Wildman–Crippen MR) is 123 cm³/mol. The third-order valence-electron chi connectivity index (χ3n) is 5.59. The van der Waals surface area contributed by atoms with E-state index in [-0.39, 0.29) is 33.7 Å². The molecule has 190 valence electrons. The van der Waals surface area contributed by atoms with Crippen LogP contribution in [0.1, 0.15) is 21.0 Å². The Morgan fingerprint density at radius 3 is 2.53 bits per heavy atom. The van der Waals surface area contributed by atoms with Crippen molar-refractivity contribution in [2.75, 3.05) is 31.5 Å². The number of halogens is 5. The lowest BCUT2D eigenvalue weighted by Crippen LogP contribution is -2.46. The number of rotatable bonds is 6. The molecule has 2 amide bonds. The summed E-state index contributed by atoms with van der Waals surface area (Å²) >= 11 is 6.30. The molecule has 1 aromatic heterocycles. The summed E-state index contributed by atoms with van der Waals surface area (Å²) in [5.41, 5.74) is 0.307. The van der Waals surface area contributed by atoms with Crippen molar-refractivity contribution in [1.82, 2.24) is 19.8 Å². The lowest BCUT2D eigenvalue weighted by molar-refractivity contribution is -0.0525. The van der Waals surface area contributed by atoms with E-state index < -0.39 is 29.9 Å². The molecule has 2 heterocycles. The van der Waals surface area contributed by atoms with E-state index in [4.69, 9.17) is 11.6 Å². The fourth-order valence-corrected chi connectivity index (χ4v) is 4.04. The molecule has 1 saturated heterocycles. The molecule has 1 fully saturated rings. The zero-order valence-electron chi connectivity index (χ0n) is 18.8. The highest BCUT2D eigenvalue weighted by atomic mass is 35.5. The second-order valence-electron chi connectivity index (χ2n) is 7.83. The van der Waals surface area contributed by atoms with E-state index in [1.165, 1.54) is 29.8 Å². The Kier molecular flexibility index (Phi) is 7.45. The first kappa shape index (κ1) is 25.5. The fourth-order valence-electron chi connectivity index (χ4n) is 3.78. The van der Waals surface area contributed by atoms with Crippen LogP contribution < -0.4 is 15.4 Å². The van der Waals surface area contributed by atoms with E-state index in [2.05, 4.69) is 20.4 Å². The molecule has 0 aliphatic carbocycles. The Hall–Kier alpha value is -3.64. The molecule has 8 nitrogen and oxygen atoms in total. The van der Waals surface area contributed by atoms with E-state index in [1.807, 2.05) is 0 Å². The number of alkyl halides is 2. The molecule has 2 N–H and O–H groups in total. The van der Waals surface area contributed by atoms with E-state index in [0.29, 0.717) is 31.7 Å². The van der Waals surface area contributed by atoms with Gasteiger partial charge in [0, 0.05) is 44.5 Å². The molecular formula is C23H20ClF4N5O3. The number of piperazine rings is 1. The maximum atomic E-state index is 14.5. The number of carbonyl (C=O) groups excluding carboxylic acids is 2. The van der Waals surface area contributed by atoms with Crippen LogP contribution >= 0.6 is 11.6 Å². The highest BCUT2D eigenvalue weighted by Crippen LogP contribution is 2.31. The summed E-state index contributed by atoms with van der Waals surface area (Å²) in [5, 5.41) is 5.91. The van der Waals surface area contributed by atoms with Crippen LogP contribution in [0.2, 0.25) is 5.02 Å². The van der Waals surface area contributed by atoms with Gasteiger partial charge < -0.3 is 24.8 Å². The van der Waals surface area contributed by atoms with Crippen LogP contribution in [0, 0.1) is 11.6 Å². The molecule has 36 heavy (non-hydrogen) atoms. The minimum absolute atomic E-state index is 0.0233. The van der Waals surface area contributed by atoms with Crippen LogP contribution in [0.25, 0.3) is 11.3 Å². The van der Waals surface area contributed by atoms with Crippen LogP contribution in [0.3, 0.4) is 0 Å². The number of hydrogen-bond acceptors (Lipinski definition) is 5. The Morgan fingerprint density at radius 2 is 1.86 bits per heavy atom. The summed E-state index contributed by atoms with van der Waals surface area (Å²) in [6, 6.07) is 6.35. The summed E-state index contributed by atoms with van der Waals surface area (Å²) in [7, 11) is 1.40. The van der Waals surface area contributed by atoms with E-state index in [0.717, 1.165) is 18.3 Å². The largest absolute Gasteiger partial charge is 0.432 e. The van der Waals surface area contributed by atoms with Crippen molar-refractivity contribution in [1.29, 1.82) is 0 Å². The summed E-state index contributed by atoms with van der Waals surface area (Å²) < 4.78 is 58.6. The molecular weight excluding hydrogens is 506 g/mol. The van der Waals surface area contributed by atoms with Crippen LogP contribution in [0.15, 0.2) is 36.5 Å². The molecule has 2 aromatic carbocycles. The van der Waals surface area contributed by atoms with Crippen molar-refractivity contribution < 1.29 is 31.9 Å². The number of hydrogen-bond donors (Lipinski definition) is 2. The van der Waals surface area contributed by atoms with Gasteiger partial charge in [-0.3, -0.25) is 9.59 Å². The Bertz CT molecular complexity index is 1310.